The fraction of sp³-hybridized carbons (Fsp3) is 0.244. The molecule has 9 heteroatoms. The molecule has 0 bridgehead atoms. The van der Waals surface area contributed by atoms with Gasteiger partial charge in [-0.05, 0) is 10.8 Å². The fourth-order valence-electron chi connectivity index (χ4n) is 5.36. The van der Waals surface area contributed by atoms with Gasteiger partial charge in [0.15, 0.2) is 0 Å². The minimum atomic E-state index is -2.89. The van der Waals surface area contributed by atoms with Crippen LogP contribution in [0.15, 0.2) is 121 Å². The second kappa shape index (κ2) is 17.1. The van der Waals surface area contributed by atoms with Crippen LogP contribution < -0.4 is 0 Å². The Morgan fingerprint density at radius 2 is 0.900 bits per heavy atom. The molecule has 0 nitrogen and oxygen atoms in total. The molecule has 0 saturated heterocycles. The minimum absolute atomic E-state index is 0.203. The van der Waals surface area contributed by atoms with Crippen molar-refractivity contribution in [1.82, 2.24) is 0 Å². The number of fused-ring (bicyclic) bond motifs is 3. The van der Waals surface area contributed by atoms with Gasteiger partial charge >= 0.3 is 187 Å². The van der Waals surface area contributed by atoms with Crippen LogP contribution in [0.2, 0.25) is 0 Å². The molecule has 0 atom stereocenters. The van der Waals surface area contributed by atoms with Crippen molar-refractivity contribution < 1.29 is 18.9 Å². The molecular formula is C41H38Cl8Zr-2. The van der Waals surface area contributed by atoms with E-state index in [1.54, 1.807) is 36.4 Å². The summed E-state index contributed by atoms with van der Waals surface area (Å²) in [5.41, 5.74) is 5.85. The Bertz CT molecular complexity index is 1910. The van der Waals surface area contributed by atoms with E-state index in [0.29, 0.717) is 11.1 Å². The van der Waals surface area contributed by atoms with Crippen LogP contribution in [0, 0.1) is 0 Å². The fourth-order valence-corrected chi connectivity index (χ4v) is 10.5. The summed E-state index contributed by atoms with van der Waals surface area (Å²) >= 11 is 32.9. The average molecular weight is 906 g/mol. The maximum absolute atomic E-state index is 6.37. The largest absolute Gasteiger partial charge is 0.214 e. The Morgan fingerprint density at radius 1 is 0.500 bits per heavy atom. The molecule has 0 spiro atoms. The van der Waals surface area contributed by atoms with Crippen molar-refractivity contribution in [2.24, 2.45) is 0 Å². The summed E-state index contributed by atoms with van der Waals surface area (Å²) in [7, 11) is 12.7. The summed E-state index contributed by atoms with van der Waals surface area (Å²) in [6.07, 6.45) is 0. The summed E-state index contributed by atoms with van der Waals surface area (Å²) in [6, 6.07) is 40.4. The third-order valence-electron chi connectivity index (χ3n) is 8.14. The molecule has 264 valence electrons. The molecule has 0 heterocycles. The number of hydrogen-bond acceptors (Lipinski definition) is 0. The van der Waals surface area contributed by atoms with Gasteiger partial charge in [0.1, 0.15) is 0 Å². The number of benzene rings is 4. The maximum atomic E-state index is 6.37. The number of rotatable bonds is 2. The number of halogens is 8. The van der Waals surface area contributed by atoms with Crippen molar-refractivity contribution in [3.8, 4) is 0 Å². The normalized spacial score (nSPS) is 12.2. The van der Waals surface area contributed by atoms with Crippen LogP contribution in [0.4, 0.5) is 0 Å². The van der Waals surface area contributed by atoms with Crippen molar-refractivity contribution in [1.29, 1.82) is 0 Å². The van der Waals surface area contributed by atoms with Gasteiger partial charge in [-0.15, -0.1) is 39.7 Å². The Balaban J connectivity index is 0.000000198. The average Bonchev–Trinajstić information content (AvgIpc) is 3.71. The molecule has 0 unspecified atom stereocenters. The van der Waals surface area contributed by atoms with Crippen LogP contribution in [0.25, 0.3) is 21.5 Å². The zero-order valence-corrected chi connectivity index (χ0v) is 37.1. The zero-order valence-electron chi connectivity index (χ0n) is 28.6. The predicted molar refractivity (Wildman–Crippen MR) is 223 cm³/mol. The topological polar surface area (TPSA) is 0 Å². The smallest absolute Gasteiger partial charge is 0.172 e. The SMILES string of the molecule is CC(C)(C)c1ccc2c(c1)[cH-]c1cc(C(C)(C)C)ccc12.[Cl][Zr]([Cl])=[C](c1cccc(C(Cl)(Cl)Cl)c1)c1cccc(C(Cl)(Cl)Cl)c1.c1cc[cH-]c1. The predicted octanol–water partition coefficient (Wildman–Crippen LogP) is 15.5. The second-order valence-electron chi connectivity index (χ2n) is 14.0. The molecule has 0 fully saturated rings. The molecule has 6 aromatic carbocycles. The van der Waals surface area contributed by atoms with Crippen molar-refractivity contribution in [2.45, 2.75) is 60.0 Å². The van der Waals surface area contributed by atoms with Gasteiger partial charge in [-0.2, -0.15) is 18.2 Å². The first-order valence-corrected chi connectivity index (χ1v) is 25.7. The van der Waals surface area contributed by atoms with Gasteiger partial charge in [0.25, 0.3) is 0 Å². The van der Waals surface area contributed by atoms with Crippen LogP contribution in [-0.2, 0) is 37.3 Å². The van der Waals surface area contributed by atoms with E-state index in [1.165, 1.54) is 32.7 Å². The van der Waals surface area contributed by atoms with Gasteiger partial charge in [0.05, 0.1) is 0 Å². The molecule has 0 saturated carbocycles. The van der Waals surface area contributed by atoms with E-state index in [2.05, 4.69) is 84.0 Å². The van der Waals surface area contributed by atoms with E-state index in [1.807, 2.05) is 42.5 Å². The van der Waals surface area contributed by atoms with E-state index in [9.17, 15) is 0 Å². The zero-order chi connectivity index (χ0) is 37.1. The van der Waals surface area contributed by atoms with Crippen molar-refractivity contribution >= 4 is 111 Å². The van der Waals surface area contributed by atoms with Crippen LogP contribution in [0.5, 0.6) is 0 Å². The Hall–Kier alpha value is -0.827. The molecule has 0 N–H and O–H groups in total. The van der Waals surface area contributed by atoms with Crippen molar-refractivity contribution in [2.75, 3.05) is 0 Å². The van der Waals surface area contributed by atoms with Gasteiger partial charge in [-0.25, -0.2) is 12.1 Å². The molecule has 0 aliphatic heterocycles. The molecule has 0 aromatic heterocycles. The summed E-state index contributed by atoms with van der Waals surface area (Å²) in [5.74, 6) is 0. The van der Waals surface area contributed by atoms with Crippen LogP contribution in [0.3, 0.4) is 0 Å². The number of alkyl halides is 6. The summed E-state index contributed by atoms with van der Waals surface area (Å²) in [4.78, 5) is 0. The minimum Gasteiger partial charge on any atom is -0.214 e. The van der Waals surface area contributed by atoms with E-state index in [4.69, 9.17) is 86.6 Å². The van der Waals surface area contributed by atoms with Gasteiger partial charge in [-0.1, -0.05) is 76.9 Å². The summed E-state index contributed by atoms with van der Waals surface area (Å²) in [5, 5.41) is 5.48. The molecule has 0 amide bonds. The van der Waals surface area contributed by atoms with E-state index in [-0.39, 0.29) is 10.8 Å². The van der Waals surface area contributed by atoms with Crippen LogP contribution in [-0.4, -0.2) is 3.21 Å². The van der Waals surface area contributed by atoms with Gasteiger partial charge in [0.2, 0.25) is 0 Å². The molecular weight excluding hydrogens is 867 g/mol. The third-order valence-corrected chi connectivity index (χ3v) is 14.0. The molecule has 0 radical (unpaired) electrons. The maximum Gasteiger partial charge on any atom is -0.172 e. The second-order valence-corrected chi connectivity index (χ2v) is 26.7. The van der Waals surface area contributed by atoms with E-state index in [0.717, 1.165) is 14.3 Å². The molecule has 0 aliphatic carbocycles. The molecule has 6 rings (SSSR count). The Morgan fingerprint density at radius 3 is 1.20 bits per heavy atom. The van der Waals surface area contributed by atoms with E-state index >= 15 is 0 Å². The number of hydrogen-bond donors (Lipinski definition) is 0. The quantitative estimate of drug-likeness (QED) is 0.120. The summed E-state index contributed by atoms with van der Waals surface area (Å²) in [6.45, 7) is 13.6. The van der Waals surface area contributed by atoms with Crippen LogP contribution in [0.1, 0.15) is 74.9 Å². The molecule has 50 heavy (non-hydrogen) atoms. The van der Waals surface area contributed by atoms with Crippen molar-refractivity contribution in [3.63, 3.8) is 0 Å². The van der Waals surface area contributed by atoms with Crippen molar-refractivity contribution in [3.05, 3.63) is 155 Å². The summed E-state index contributed by atoms with van der Waals surface area (Å²) < 4.78 is -2.27. The first kappa shape index (κ1) is 41.9. The van der Waals surface area contributed by atoms with Crippen LogP contribution >= 0.6 is 86.6 Å². The monoisotopic (exact) mass is 900 g/mol. The first-order valence-electron chi connectivity index (χ1n) is 15.9. The van der Waals surface area contributed by atoms with Gasteiger partial charge in [0, 0.05) is 0 Å². The van der Waals surface area contributed by atoms with Gasteiger partial charge < -0.3 is 0 Å². The standard InChI is InChI=1S/C21H25.C15H8Cl6.C5H5.2ClH.Zr/c1-20(2,3)16-7-9-18-14(12-16)11-15-13-17(21(4,5)6)8-10-19(15)18;16-14(17,18)12-5-1-3-10(8-12)7-11-4-2-6-13(9-11)15(19,20)21;1-2-4-5-3-1;;;/h7-13H,1-6H3;1-6,8-9H;1-5H;2*1H;/q-1;;-1;;;+2/p-2. The molecule has 0 aliphatic rings. The Kier molecular flexibility index (Phi) is 14.3. The third kappa shape index (κ3) is 11.3. The molecule has 6 aromatic rings. The van der Waals surface area contributed by atoms with Gasteiger partial charge in [-0.3, -0.25) is 0 Å². The first-order chi connectivity index (χ1) is 23.2. The van der Waals surface area contributed by atoms with E-state index < -0.39 is 26.5 Å². The Labute approximate surface area is 341 Å².